The van der Waals surface area contributed by atoms with E-state index in [4.69, 9.17) is 27.9 Å². The topological polar surface area (TPSA) is 21.3 Å². The van der Waals surface area contributed by atoms with E-state index in [0.29, 0.717) is 22.7 Å². The molecular formula is C21H25Cl2NO. The molecular weight excluding hydrogens is 353 g/mol. The maximum Gasteiger partial charge on any atom is 0.120 e. The summed E-state index contributed by atoms with van der Waals surface area (Å²) in [7, 11) is 0. The highest BCUT2D eigenvalue weighted by Crippen LogP contribution is 2.23. The molecule has 0 spiro atoms. The Bertz CT molecular complexity index is 681. The Balaban J connectivity index is 1.53. The number of halogens is 2. The quantitative estimate of drug-likeness (QED) is 0.589. The molecule has 25 heavy (non-hydrogen) atoms. The first-order valence-electron chi connectivity index (χ1n) is 9.10. The fourth-order valence-electron chi connectivity index (χ4n) is 3.29. The third kappa shape index (κ3) is 5.91. The summed E-state index contributed by atoms with van der Waals surface area (Å²) < 4.78 is 5.91. The summed E-state index contributed by atoms with van der Waals surface area (Å²) >= 11 is 12.1. The van der Waals surface area contributed by atoms with Gasteiger partial charge >= 0.3 is 0 Å². The van der Waals surface area contributed by atoms with E-state index in [1.807, 2.05) is 24.3 Å². The number of hydrogen-bond donors (Lipinski definition) is 1. The van der Waals surface area contributed by atoms with E-state index in [2.05, 4.69) is 17.4 Å². The van der Waals surface area contributed by atoms with Crippen molar-refractivity contribution >= 4 is 23.2 Å². The fraction of sp³-hybridized carbons (Fsp3) is 0.429. The Morgan fingerprint density at radius 1 is 0.960 bits per heavy atom. The Hall–Kier alpha value is -1.22. The van der Waals surface area contributed by atoms with Gasteiger partial charge in [-0.15, -0.1) is 0 Å². The van der Waals surface area contributed by atoms with Crippen LogP contribution in [-0.4, -0.2) is 6.04 Å². The van der Waals surface area contributed by atoms with Gasteiger partial charge in [0.2, 0.25) is 0 Å². The summed E-state index contributed by atoms with van der Waals surface area (Å²) in [5.41, 5.74) is 2.19. The second-order valence-electron chi connectivity index (χ2n) is 6.74. The highest BCUT2D eigenvalue weighted by molar-refractivity contribution is 6.35. The number of hydrogen-bond acceptors (Lipinski definition) is 2. The number of ether oxygens (including phenoxy) is 1. The molecule has 0 amide bonds. The Labute approximate surface area is 160 Å². The summed E-state index contributed by atoms with van der Waals surface area (Å²) in [5.74, 6) is 0.867. The van der Waals surface area contributed by atoms with Crippen molar-refractivity contribution in [3.05, 3.63) is 63.6 Å². The lowest BCUT2D eigenvalue weighted by Gasteiger charge is -2.16. The molecule has 0 bridgehead atoms. The van der Waals surface area contributed by atoms with Gasteiger partial charge in [0.25, 0.3) is 0 Å². The summed E-state index contributed by atoms with van der Waals surface area (Å²) in [6.07, 6.45) is 8.06. The molecule has 0 radical (unpaired) electrons. The summed E-state index contributed by atoms with van der Waals surface area (Å²) in [6, 6.07) is 14.4. The van der Waals surface area contributed by atoms with Gasteiger partial charge in [0.05, 0.1) is 0 Å². The van der Waals surface area contributed by atoms with Gasteiger partial charge in [-0.25, -0.2) is 0 Å². The summed E-state index contributed by atoms with van der Waals surface area (Å²) in [6.45, 7) is 1.33. The van der Waals surface area contributed by atoms with Crippen LogP contribution < -0.4 is 10.1 Å². The molecule has 0 atom stereocenters. The van der Waals surface area contributed by atoms with E-state index in [0.717, 1.165) is 17.9 Å². The molecule has 2 aromatic carbocycles. The van der Waals surface area contributed by atoms with Crippen molar-refractivity contribution in [1.29, 1.82) is 0 Å². The van der Waals surface area contributed by atoms with Gasteiger partial charge in [0.15, 0.2) is 0 Å². The standard InChI is InChI=1S/C21H25Cl2NO/c22-18-11-10-17(21(23)13-18)15-25-20-9-5-6-16(12-20)14-24-19-7-3-1-2-4-8-19/h5-6,9-13,19,24H,1-4,7-8,14-15H2. The molecule has 0 saturated heterocycles. The lowest BCUT2D eigenvalue weighted by Crippen LogP contribution is -2.27. The molecule has 1 fully saturated rings. The molecule has 0 heterocycles. The van der Waals surface area contributed by atoms with E-state index >= 15 is 0 Å². The van der Waals surface area contributed by atoms with Gasteiger partial charge in [-0.1, -0.05) is 67.1 Å². The minimum atomic E-state index is 0.440. The van der Waals surface area contributed by atoms with Crippen molar-refractivity contribution in [2.45, 2.75) is 57.7 Å². The zero-order valence-electron chi connectivity index (χ0n) is 14.4. The van der Waals surface area contributed by atoms with Crippen LogP contribution in [0.1, 0.15) is 49.7 Å². The Morgan fingerprint density at radius 3 is 2.52 bits per heavy atom. The third-order valence-corrected chi connectivity index (χ3v) is 5.34. The highest BCUT2D eigenvalue weighted by Gasteiger charge is 2.11. The SMILES string of the molecule is Clc1ccc(COc2cccc(CNC3CCCCCC3)c2)c(Cl)c1. The van der Waals surface area contributed by atoms with Crippen LogP contribution in [0, 0.1) is 0 Å². The monoisotopic (exact) mass is 377 g/mol. The molecule has 1 aliphatic carbocycles. The van der Waals surface area contributed by atoms with Crippen LogP contribution in [0.4, 0.5) is 0 Å². The number of nitrogens with one attached hydrogen (secondary N) is 1. The van der Waals surface area contributed by atoms with Gasteiger partial charge < -0.3 is 10.1 Å². The smallest absolute Gasteiger partial charge is 0.120 e. The van der Waals surface area contributed by atoms with Crippen LogP contribution in [0.2, 0.25) is 10.0 Å². The lowest BCUT2D eigenvalue weighted by atomic mass is 10.1. The van der Waals surface area contributed by atoms with Crippen molar-refractivity contribution in [1.82, 2.24) is 5.32 Å². The second kappa shape index (κ2) is 9.47. The molecule has 1 N–H and O–H groups in total. The van der Waals surface area contributed by atoms with Crippen molar-refractivity contribution in [2.24, 2.45) is 0 Å². The van der Waals surface area contributed by atoms with Gasteiger partial charge in [-0.2, -0.15) is 0 Å². The maximum absolute atomic E-state index is 6.20. The zero-order chi connectivity index (χ0) is 17.5. The van der Waals surface area contributed by atoms with E-state index in [1.165, 1.54) is 44.1 Å². The predicted molar refractivity (Wildman–Crippen MR) is 106 cm³/mol. The lowest BCUT2D eigenvalue weighted by molar-refractivity contribution is 0.306. The molecule has 3 rings (SSSR count). The van der Waals surface area contributed by atoms with E-state index in [1.54, 1.807) is 6.07 Å². The minimum absolute atomic E-state index is 0.440. The molecule has 0 unspecified atom stereocenters. The van der Waals surface area contributed by atoms with Gasteiger partial charge in [-0.3, -0.25) is 0 Å². The van der Waals surface area contributed by atoms with Crippen LogP contribution in [0.15, 0.2) is 42.5 Å². The maximum atomic E-state index is 6.20. The summed E-state index contributed by atoms with van der Waals surface area (Å²) in [4.78, 5) is 0. The fourth-order valence-corrected chi connectivity index (χ4v) is 3.75. The average molecular weight is 378 g/mol. The highest BCUT2D eigenvalue weighted by atomic mass is 35.5. The van der Waals surface area contributed by atoms with Crippen molar-refractivity contribution in [2.75, 3.05) is 0 Å². The van der Waals surface area contributed by atoms with Crippen molar-refractivity contribution in [3.8, 4) is 5.75 Å². The molecule has 2 aromatic rings. The van der Waals surface area contributed by atoms with E-state index in [9.17, 15) is 0 Å². The molecule has 134 valence electrons. The van der Waals surface area contributed by atoms with Gasteiger partial charge in [0, 0.05) is 28.2 Å². The van der Waals surface area contributed by atoms with Crippen molar-refractivity contribution < 1.29 is 4.74 Å². The van der Waals surface area contributed by atoms with Crippen LogP contribution in [-0.2, 0) is 13.2 Å². The first kappa shape index (κ1) is 18.6. The van der Waals surface area contributed by atoms with Crippen LogP contribution >= 0.6 is 23.2 Å². The first-order valence-corrected chi connectivity index (χ1v) is 9.85. The van der Waals surface area contributed by atoms with E-state index < -0.39 is 0 Å². The largest absolute Gasteiger partial charge is 0.489 e. The Kier molecular flexibility index (Phi) is 7.03. The molecule has 0 aliphatic heterocycles. The third-order valence-electron chi connectivity index (χ3n) is 4.76. The molecule has 1 aliphatic rings. The normalized spacial score (nSPS) is 15.8. The van der Waals surface area contributed by atoms with Gasteiger partial charge in [-0.05, 0) is 42.7 Å². The number of rotatable bonds is 6. The number of benzene rings is 2. The molecule has 1 saturated carbocycles. The Morgan fingerprint density at radius 2 is 1.76 bits per heavy atom. The molecule has 0 aromatic heterocycles. The first-order chi connectivity index (χ1) is 12.2. The predicted octanol–water partition coefficient (Wildman–Crippen LogP) is 6.38. The van der Waals surface area contributed by atoms with Crippen LogP contribution in [0.3, 0.4) is 0 Å². The molecule has 2 nitrogen and oxygen atoms in total. The summed E-state index contributed by atoms with van der Waals surface area (Å²) in [5, 5.41) is 4.98. The zero-order valence-corrected chi connectivity index (χ0v) is 16.0. The van der Waals surface area contributed by atoms with E-state index in [-0.39, 0.29) is 0 Å². The second-order valence-corrected chi connectivity index (χ2v) is 7.58. The van der Waals surface area contributed by atoms with Crippen LogP contribution in [0.25, 0.3) is 0 Å². The average Bonchev–Trinajstić information content (AvgIpc) is 2.88. The molecule has 4 heteroatoms. The van der Waals surface area contributed by atoms with Crippen molar-refractivity contribution in [3.63, 3.8) is 0 Å². The minimum Gasteiger partial charge on any atom is -0.489 e. The van der Waals surface area contributed by atoms with Crippen LogP contribution in [0.5, 0.6) is 5.75 Å². The van der Waals surface area contributed by atoms with Gasteiger partial charge in [0.1, 0.15) is 12.4 Å².